The lowest BCUT2D eigenvalue weighted by Crippen LogP contribution is -2.45. The molecule has 0 aliphatic rings. The van der Waals surface area contributed by atoms with Gasteiger partial charge in [-0.2, -0.15) is 0 Å². The van der Waals surface area contributed by atoms with Crippen LogP contribution in [0.4, 0.5) is 0 Å². The fourth-order valence-electron chi connectivity index (χ4n) is 0.799. The molecular weight excluding hydrogens is 166 g/mol. The first-order chi connectivity index (χ1) is 6.04. The zero-order chi connectivity index (χ0) is 10.3. The van der Waals surface area contributed by atoms with Crippen molar-refractivity contribution in [3.63, 3.8) is 0 Å². The molecule has 0 rings (SSSR count). The van der Waals surface area contributed by atoms with Gasteiger partial charge in [0.05, 0.1) is 6.61 Å². The van der Waals surface area contributed by atoms with Crippen LogP contribution in [0.3, 0.4) is 0 Å². The van der Waals surface area contributed by atoms with E-state index < -0.39 is 5.54 Å². The summed E-state index contributed by atoms with van der Waals surface area (Å²) in [7, 11) is 1.76. The van der Waals surface area contributed by atoms with Crippen LogP contribution in [0.5, 0.6) is 0 Å². The molecule has 0 saturated carbocycles. The molecule has 0 bridgehead atoms. The van der Waals surface area contributed by atoms with Gasteiger partial charge in [0.15, 0.2) is 0 Å². The smallest absolute Gasteiger partial charge is 0.325 e. The van der Waals surface area contributed by atoms with Crippen LogP contribution in [0, 0.1) is 0 Å². The van der Waals surface area contributed by atoms with Crippen molar-refractivity contribution in [2.24, 2.45) is 0 Å². The van der Waals surface area contributed by atoms with E-state index in [1.165, 1.54) is 0 Å². The summed E-state index contributed by atoms with van der Waals surface area (Å²) in [5.74, 6) is -0.175. The molecular formula is C10H21NO2. The summed E-state index contributed by atoms with van der Waals surface area (Å²) < 4.78 is 5.10. The normalized spacial score (nSPS) is 11.4. The van der Waals surface area contributed by atoms with Gasteiger partial charge in [-0.1, -0.05) is 19.8 Å². The molecule has 0 unspecified atom stereocenters. The zero-order valence-electron chi connectivity index (χ0n) is 9.14. The molecule has 1 N–H and O–H groups in total. The van der Waals surface area contributed by atoms with Gasteiger partial charge in [0.2, 0.25) is 0 Å². The second kappa shape index (κ2) is 5.97. The minimum absolute atomic E-state index is 0.175. The van der Waals surface area contributed by atoms with E-state index in [4.69, 9.17) is 4.74 Å². The number of hydrogen-bond acceptors (Lipinski definition) is 3. The number of rotatable bonds is 6. The van der Waals surface area contributed by atoms with Crippen molar-refractivity contribution in [2.75, 3.05) is 13.7 Å². The van der Waals surface area contributed by atoms with Crippen molar-refractivity contribution in [1.29, 1.82) is 0 Å². The van der Waals surface area contributed by atoms with Crippen LogP contribution in [0.25, 0.3) is 0 Å². The highest BCUT2D eigenvalue weighted by molar-refractivity contribution is 5.79. The van der Waals surface area contributed by atoms with E-state index in [0.29, 0.717) is 6.61 Å². The number of nitrogens with one attached hydrogen (secondary N) is 1. The highest BCUT2D eigenvalue weighted by Crippen LogP contribution is 2.04. The first-order valence-electron chi connectivity index (χ1n) is 4.90. The monoisotopic (exact) mass is 187 g/mol. The van der Waals surface area contributed by atoms with E-state index in [1.54, 1.807) is 7.05 Å². The number of likely N-dealkylation sites (N-methyl/N-ethyl adjacent to an activating group) is 1. The van der Waals surface area contributed by atoms with Gasteiger partial charge in [0.25, 0.3) is 0 Å². The fourth-order valence-corrected chi connectivity index (χ4v) is 0.799. The molecule has 0 fully saturated rings. The second-order valence-electron chi connectivity index (χ2n) is 3.72. The molecule has 3 heteroatoms. The maximum absolute atomic E-state index is 11.4. The Morgan fingerprint density at radius 3 is 2.46 bits per heavy atom. The molecule has 3 nitrogen and oxygen atoms in total. The first-order valence-corrected chi connectivity index (χ1v) is 4.90. The van der Waals surface area contributed by atoms with Gasteiger partial charge < -0.3 is 10.1 Å². The van der Waals surface area contributed by atoms with Gasteiger partial charge in [-0.15, -0.1) is 0 Å². The molecule has 0 aromatic carbocycles. The third kappa shape index (κ3) is 4.88. The highest BCUT2D eigenvalue weighted by atomic mass is 16.5. The van der Waals surface area contributed by atoms with Gasteiger partial charge in [-0.05, 0) is 27.3 Å². The summed E-state index contributed by atoms with van der Waals surface area (Å²) in [4.78, 5) is 11.4. The van der Waals surface area contributed by atoms with Gasteiger partial charge in [0, 0.05) is 0 Å². The third-order valence-corrected chi connectivity index (χ3v) is 2.12. The van der Waals surface area contributed by atoms with Crippen LogP contribution >= 0.6 is 0 Å². The van der Waals surface area contributed by atoms with E-state index >= 15 is 0 Å². The maximum Gasteiger partial charge on any atom is 0.325 e. The SMILES string of the molecule is CCCCCOC(=O)C(C)(C)NC. The van der Waals surface area contributed by atoms with Gasteiger partial charge >= 0.3 is 5.97 Å². The number of carbonyl (C=O) groups excluding carboxylic acids is 1. The molecule has 0 atom stereocenters. The lowest BCUT2D eigenvalue weighted by Gasteiger charge is -2.21. The molecule has 0 aromatic heterocycles. The summed E-state index contributed by atoms with van der Waals surface area (Å²) >= 11 is 0. The summed E-state index contributed by atoms with van der Waals surface area (Å²) in [5, 5.41) is 2.91. The average molecular weight is 187 g/mol. The summed E-state index contributed by atoms with van der Waals surface area (Å²) in [5.41, 5.74) is -0.563. The van der Waals surface area contributed by atoms with Gasteiger partial charge in [0.1, 0.15) is 5.54 Å². The Morgan fingerprint density at radius 1 is 1.38 bits per heavy atom. The quantitative estimate of drug-likeness (QED) is 0.508. The topological polar surface area (TPSA) is 38.3 Å². The zero-order valence-corrected chi connectivity index (χ0v) is 9.14. The van der Waals surface area contributed by atoms with Crippen LogP contribution in [-0.4, -0.2) is 25.2 Å². The second-order valence-corrected chi connectivity index (χ2v) is 3.72. The minimum Gasteiger partial charge on any atom is -0.464 e. The number of ether oxygens (including phenoxy) is 1. The maximum atomic E-state index is 11.4. The lowest BCUT2D eigenvalue weighted by molar-refractivity contribution is -0.150. The van der Waals surface area contributed by atoms with Crippen molar-refractivity contribution in [3.8, 4) is 0 Å². The Bertz CT molecular complexity index is 155. The molecule has 0 saturated heterocycles. The Morgan fingerprint density at radius 2 is 2.00 bits per heavy atom. The molecule has 0 aliphatic carbocycles. The van der Waals surface area contributed by atoms with E-state index in [-0.39, 0.29) is 5.97 Å². The van der Waals surface area contributed by atoms with Gasteiger partial charge in [-0.25, -0.2) is 0 Å². The van der Waals surface area contributed by atoms with Gasteiger partial charge in [-0.3, -0.25) is 4.79 Å². The molecule has 78 valence electrons. The largest absolute Gasteiger partial charge is 0.464 e. The Hall–Kier alpha value is -0.570. The minimum atomic E-state index is -0.563. The number of hydrogen-bond donors (Lipinski definition) is 1. The predicted molar refractivity (Wildman–Crippen MR) is 53.6 cm³/mol. The molecule has 0 heterocycles. The van der Waals surface area contributed by atoms with Crippen LogP contribution in [0.15, 0.2) is 0 Å². The number of unbranched alkanes of at least 4 members (excludes halogenated alkanes) is 2. The molecule has 0 amide bonds. The number of esters is 1. The van der Waals surface area contributed by atoms with Crippen molar-refractivity contribution in [1.82, 2.24) is 5.32 Å². The molecule has 0 aromatic rings. The summed E-state index contributed by atoms with van der Waals surface area (Å²) in [6.07, 6.45) is 3.22. The molecule has 0 aliphatic heterocycles. The Labute approximate surface area is 80.8 Å². The molecule has 0 spiro atoms. The van der Waals surface area contributed by atoms with Crippen LogP contribution in [-0.2, 0) is 9.53 Å². The van der Waals surface area contributed by atoms with Crippen molar-refractivity contribution in [3.05, 3.63) is 0 Å². The average Bonchev–Trinajstić information content (AvgIpc) is 2.12. The van der Waals surface area contributed by atoms with Crippen LogP contribution in [0.1, 0.15) is 40.0 Å². The lowest BCUT2D eigenvalue weighted by atomic mass is 10.1. The van der Waals surface area contributed by atoms with Crippen LogP contribution < -0.4 is 5.32 Å². The van der Waals surface area contributed by atoms with E-state index in [9.17, 15) is 4.79 Å². The molecule has 13 heavy (non-hydrogen) atoms. The van der Waals surface area contributed by atoms with Crippen molar-refractivity contribution < 1.29 is 9.53 Å². The Balaban J connectivity index is 3.62. The third-order valence-electron chi connectivity index (χ3n) is 2.12. The Kier molecular flexibility index (Phi) is 5.71. The van der Waals surface area contributed by atoms with E-state index in [2.05, 4.69) is 12.2 Å². The van der Waals surface area contributed by atoms with E-state index in [1.807, 2.05) is 13.8 Å². The standard InChI is InChI=1S/C10H21NO2/c1-5-6-7-8-13-9(12)10(2,3)11-4/h11H,5-8H2,1-4H3. The first kappa shape index (κ1) is 12.4. The van der Waals surface area contributed by atoms with Crippen LogP contribution in [0.2, 0.25) is 0 Å². The summed E-state index contributed by atoms with van der Waals surface area (Å²) in [6.45, 7) is 6.29. The number of carbonyl (C=O) groups is 1. The predicted octanol–water partition coefficient (Wildman–Crippen LogP) is 1.72. The molecule has 0 radical (unpaired) electrons. The fraction of sp³-hybridized carbons (Fsp3) is 0.900. The van der Waals surface area contributed by atoms with E-state index in [0.717, 1.165) is 19.3 Å². The summed E-state index contributed by atoms with van der Waals surface area (Å²) in [6, 6.07) is 0. The highest BCUT2D eigenvalue weighted by Gasteiger charge is 2.26. The van der Waals surface area contributed by atoms with Crippen molar-refractivity contribution >= 4 is 5.97 Å². The van der Waals surface area contributed by atoms with Crippen molar-refractivity contribution in [2.45, 2.75) is 45.6 Å².